The second-order valence-electron chi connectivity index (χ2n) is 5.83. The molecule has 3 heteroatoms. The van der Waals surface area contributed by atoms with E-state index in [0.717, 1.165) is 5.57 Å². The molecule has 0 aromatic rings. The molecule has 0 aromatic carbocycles. The summed E-state index contributed by atoms with van der Waals surface area (Å²) in [5.41, 5.74) is 1.17. The lowest BCUT2D eigenvalue weighted by molar-refractivity contribution is -0.122. The van der Waals surface area contributed by atoms with Gasteiger partial charge in [-0.2, -0.15) is 0 Å². The van der Waals surface area contributed by atoms with E-state index in [2.05, 4.69) is 39.6 Å². The Labute approximate surface area is 106 Å². The average Bonchev–Trinajstić information content (AvgIpc) is 2.15. The first-order chi connectivity index (χ1) is 7.73. The molecule has 0 aliphatic carbocycles. The third-order valence-corrected chi connectivity index (χ3v) is 2.89. The molecule has 1 N–H and O–H groups in total. The molecular formula is C14H27NO2. The molecule has 3 nitrogen and oxygen atoms in total. The smallest absolute Gasteiger partial charge is 0.220 e. The van der Waals surface area contributed by atoms with Crippen molar-refractivity contribution in [3.63, 3.8) is 0 Å². The van der Waals surface area contributed by atoms with Crippen LogP contribution in [0.3, 0.4) is 0 Å². The Morgan fingerprint density at radius 1 is 1.41 bits per heavy atom. The maximum absolute atomic E-state index is 11.6. The lowest BCUT2D eigenvalue weighted by atomic mass is 9.80. The van der Waals surface area contributed by atoms with E-state index in [9.17, 15) is 4.79 Å². The molecule has 0 radical (unpaired) electrons. The fourth-order valence-corrected chi connectivity index (χ4v) is 1.17. The van der Waals surface area contributed by atoms with Gasteiger partial charge in [-0.3, -0.25) is 4.79 Å². The van der Waals surface area contributed by atoms with Gasteiger partial charge in [-0.15, -0.1) is 0 Å². The third kappa shape index (κ3) is 8.93. The van der Waals surface area contributed by atoms with Crippen LogP contribution in [0.25, 0.3) is 0 Å². The van der Waals surface area contributed by atoms with Crippen molar-refractivity contribution in [1.29, 1.82) is 0 Å². The van der Waals surface area contributed by atoms with Gasteiger partial charge < -0.3 is 10.1 Å². The molecule has 17 heavy (non-hydrogen) atoms. The summed E-state index contributed by atoms with van der Waals surface area (Å²) in [7, 11) is 0. The molecule has 0 aromatic heterocycles. The number of ether oxygens (including phenoxy) is 1. The molecule has 0 aliphatic rings. The highest BCUT2D eigenvalue weighted by atomic mass is 16.5. The van der Waals surface area contributed by atoms with Crippen molar-refractivity contribution < 1.29 is 9.53 Å². The largest absolute Gasteiger partial charge is 0.375 e. The minimum absolute atomic E-state index is 0.103. The molecule has 0 fully saturated rings. The quantitative estimate of drug-likeness (QED) is 0.550. The molecule has 1 atom stereocenters. The van der Waals surface area contributed by atoms with E-state index in [1.165, 1.54) is 0 Å². The summed E-state index contributed by atoms with van der Waals surface area (Å²) < 4.78 is 5.30. The van der Waals surface area contributed by atoms with Gasteiger partial charge in [0.15, 0.2) is 0 Å². The lowest BCUT2D eigenvalue weighted by Gasteiger charge is -2.26. The molecule has 0 rings (SSSR count). The van der Waals surface area contributed by atoms with E-state index in [1.807, 2.05) is 6.92 Å². The average molecular weight is 241 g/mol. The first kappa shape index (κ1) is 16.2. The van der Waals surface area contributed by atoms with Gasteiger partial charge in [-0.05, 0) is 18.3 Å². The van der Waals surface area contributed by atoms with E-state index in [-0.39, 0.29) is 11.3 Å². The van der Waals surface area contributed by atoms with Crippen molar-refractivity contribution in [2.45, 2.75) is 41.0 Å². The summed E-state index contributed by atoms with van der Waals surface area (Å²) in [6.45, 7) is 15.9. The van der Waals surface area contributed by atoms with Crippen molar-refractivity contribution in [1.82, 2.24) is 5.32 Å². The number of hydrogen-bond acceptors (Lipinski definition) is 2. The summed E-state index contributed by atoms with van der Waals surface area (Å²) in [5, 5.41) is 2.87. The van der Waals surface area contributed by atoms with Crippen molar-refractivity contribution in [3.05, 3.63) is 12.2 Å². The van der Waals surface area contributed by atoms with E-state index in [4.69, 9.17) is 4.74 Å². The van der Waals surface area contributed by atoms with E-state index in [1.54, 1.807) is 0 Å². The van der Waals surface area contributed by atoms with Gasteiger partial charge in [-0.25, -0.2) is 0 Å². The molecule has 0 aliphatic heterocycles. The van der Waals surface area contributed by atoms with E-state index < -0.39 is 0 Å². The van der Waals surface area contributed by atoms with Gasteiger partial charge in [-0.1, -0.05) is 39.8 Å². The van der Waals surface area contributed by atoms with Crippen molar-refractivity contribution in [2.24, 2.45) is 11.3 Å². The van der Waals surface area contributed by atoms with Crippen LogP contribution in [-0.4, -0.2) is 25.7 Å². The molecule has 0 heterocycles. The second-order valence-corrected chi connectivity index (χ2v) is 5.83. The zero-order valence-corrected chi connectivity index (χ0v) is 11.9. The number of nitrogens with one attached hydrogen (secondary N) is 1. The molecule has 0 saturated carbocycles. The van der Waals surface area contributed by atoms with Crippen LogP contribution in [0.15, 0.2) is 12.2 Å². The summed E-state index contributed by atoms with van der Waals surface area (Å²) in [5.74, 6) is 0.477. The highest BCUT2D eigenvalue weighted by Gasteiger charge is 2.22. The third-order valence-electron chi connectivity index (χ3n) is 2.89. The summed E-state index contributed by atoms with van der Waals surface area (Å²) in [6.07, 6.45) is 0.573. The number of carbonyl (C=O) groups is 1. The maximum Gasteiger partial charge on any atom is 0.220 e. The zero-order valence-electron chi connectivity index (χ0n) is 11.9. The first-order valence-electron chi connectivity index (χ1n) is 6.22. The predicted octanol–water partition coefficient (Wildman–Crippen LogP) is 2.77. The van der Waals surface area contributed by atoms with Gasteiger partial charge >= 0.3 is 0 Å². The van der Waals surface area contributed by atoms with Crippen molar-refractivity contribution in [3.8, 4) is 0 Å². The zero-order chi connectivity index (χ0) is 13.5. The monoisotopic (exact) mass is 241 g/mol. The van der Waals surface area contributed by atoms with Gasteiger partial charge in [0.05, 0.1) is 13.2 Å². The minimum Gasteiger partial charge on any atom is -0.375 e. The Balaban J connectivity index is 3.64. The maximum atomic E-state index is 11.6. The van der Waals surface area contributed by atoms with Gasteiger partial charge in [0.25, 0.3) is 0 Å². The fourth-order valence-electron chi connectivity index (χ4n) is 1.17. The van der Waals surface area contributed by atoms with Crippen LogP contribution in [0.2, 0.25) is 0 Å². The van der Waals surface area contributed by atoms with Crippen LogP contribution in [0, 0.1) is 11.3 Å². The van der Waals surface area contributed by atoms with Crippen LogP contribution in [0.5, 0.6) is 0 Å². The Kier molecular flexibility index (Phi) is 7.12. The van der Waals surface area contributed by atoms with Gasteiger partial charge in [0.2, 0.25) is 5.91 Å². The van der Waals surface area contributed by atoms with Crippen molar-refractivity contribution >= 4 is 5.91 Å². The van der Waals surface area contributed by atoms with Crippen molar-refractivity contribution in [2.75, 3.05) is 19.8 Å². The fraction of sp³-hybridized carbons (Fsp3) is 0.786. The Morgan fingerprint density at radius 3 is 2.47 bits per heavy atom. The van der Waals surface area contributed by atoms with Gasteiger partial charge in [0, 0.05) is 13.0 Å². The number of carbonyl (C=O) groups excluding carboxylic acids is 1. The van der Waals surface area contributed by atoms with Gasteiger partial charge in [0.1, 0.15) is 0 Å². The van der Waals surface area contributed by atoms with Crippen LogP contribution < -0.4 is 5.32 Å². The predicted molar refractivity (Wildman–Crippen MR) is 71.9 cm³/mol. The highest BCUT2D eigenvalue weighted by molar-refractivity contribution is 5.76. The standard InChI is InChI=1S/C14H27NO2/c1-11(2)10-17-8-7-15-13(16)9-12(3)14(4,5)6/h12H,1,7-10H2,2-6H3,(H,15,16). The SMILES string of the molecule is C=C(C)COCCNC(=O)CC(C)C(C)(C)C. The minimum atomic E-state index is 0.103. The van der Waals surface area contributed by atoms with E-state index >= 15 is 0 Å². The number of rotatable bonds is 7. The van der Waals surface area contributed by atoms with Crippen LogP contribution in [-0.2, 0) is 9.53 Å². The second kappa shape index (κ2) is 7.49. The molecular weight excluding hydrogens is 214 g/mol. The molecule has 0 bridgehead atoms. The highest BCUT2D eigenvalue weighted by Crippen LogP contribution is 2.27. The Hall–Kier alpha value is -0.830. The number of hydrogen-bond donors (Lipinski definition) is 1. The normalized spacial score (nSPS) is 13.2. The summed E-state index contributed by atoms with van der Waals surface area (Å²) in [6, 6.07) is 0. The molecule has 0 spiro atoms. The Bertz CT molecular complexity index is 253. The molecule has 1 unspecified atom stereocenters. The van der Waals surface area contributed by atoms with E-state index in [0.29, 0.717) is 32.1 Å². The Morgan fingerprint density at radius 2 is 2.00 bits per heavy atom. The topological polar surface area (TPSA) is 38.3 Å². The molecule has 100 valence electrons. The van der Waals surface area contributed by atoms with Crippen LogP contribution in [0.1, 0.15) is 41.0 Å². The lowest BCUT2D eigenvalue weighted by Crippen LogP contribution is -2.31. The van der Waals surface area contributed by atoms with Crippen LogP contribution >= 0.6 is 0 Å². The van der Waals surface area contributed by atoms with Crippen LogP contribution in [0.4, 0.5) is 0 Å². The summed E-state index contributed by atoms with van der Waals surface area (Å²) >= 11 is 0. The molecule has 1 amide bonds. The first-order valence-corrected chi connectivity index (χ1v) is 6.22. The summed E-state index contributed by atoms with van der Waals surface area (Å²) in [4.78, 5) is 11.6. The number of amides is 1. The molecule has 0 saturated heterocycles.